The first kappa shape index (κ1) is 29.2. The van der Waals surface area contributed by atoms with Gasteiger partial charge in [-0.3, -0.25) is 0 Å². The lowest BCUT2D eigenvalue weighted by atomic mass is 9.81. The van der Waals surface area contributed by atoms with Crippen molar-refractivity contribution in [2.75, 3.05) is 5.32 Å². The zero-order valence-corrected chi connectivity index (χ0v) is 24.3. The molecule has 4 aromatic rings. The van der Waals surface area contributed by atoms with Crippen molar-refractivity contribution in [3.05, 3.63) is 136 Å². The molecular formula is C37H47N. The summed E-state index contributed by atoms with van der Waals surface area (Å²) in [6.45, 7) is 11.2. The molecule has 0 aliphatic carbocycles. The molecule has 0 saturated carbocycles. The van der Waals surface area contributed by atoms with Crippen molar-refractivity contribution in [1.29, 1.82) is 0 Å². The van der Waals surface area contributed by atoms with Gasteiger partial charge >= 0.3 is 0 Å². The van der Waals surface area contributed by atoms with Gasteiger partial charge in [0.15, 0.2) is 0 Å². The van der Waals surface area contributed by atoms with E-state index < -0.39 is 0 Å². The summed E-state index contributed by atoms with van der Waals surface area (Å²) in [7, 11) is 0. The molecule has 0 amide bonds. The molecule has 0 radical (unpaired) electrons. The summed E-state index contributed by atoms with van der Waals surface area (Å²) in [6.07, 6.45) is 6.62. The van der Waals surface area contributed by atoms with Crippen LogP contribution in [0.3, 0.4) is 0 Å². The molecule has 5 rings (SSSR count). The van der Waals surface area contributed by atoms with Crippen molar-refractivity contribution >= 4 is 5.69 Å². The van der Waals surface area contributed by atoms with E-state index >= 15 is 0 Å². The summed E-state index contributed by atoms with van der Waals surface area (Å²) in [5.74, 6) is 0.534. The Balaban J connectivity index is 0.000000956. The predicted octanol–water partition coefficient (Wildman–Crippen LogP) is 9.97. The third-order valence-electron chi connectivity index (χ3n) is 7.43. The fourth-order valence-electron chi connectivity index (χ4n) is 5.56. The molecule has 0 spiro atoms. The zero-order chi connectivity index (χ0) is 27.2. The molecule has 0 unspecified atom stereocenters. The second-order valence-corrected chi connectivity index (χ2v) is 9.55. The molecule has 0 fully saturated rings. The van der Waals surface area contributed by atoms with Crippen LogP contribution in [0.4, 0.5) is 5.69 Å². The largest absolute Gasteiger partial charge is 0.380 e. The Hall–Kier alpha value is -3.32. The third-order valence-corrected chi connectivity index (χ3v) is 7.43. The van der Waals surface area contributed by atoms with Crippen molar-refractivity contribution < 1.29 is 0 Å². The summed E-state index contributed by atoms with van der Waals surface area (Å²) in [6, 6.07) is 35.7. The van der Waals surface area contributed by atoms with Crippen LogP contribution in [0, 0.1) is 0 Å². The number of fused-ring (bicyclic) bond motifs is 2. The first-order valence-electron chi connectivity index (χ1n) is 14.8. The number of hydrogen-bond acceptors (Lipinski definition) is 1. The van der Waals surface area contributed by atoms with E-state index in [-0.39, 0.29) is 0 Å². The molecule has 1 heteroatoms. The van der Waals surface area contributed by atoms with Crippen molar-refractivity contribution in [1.82, 2.24) is 0 Å². The van der Waals surface area contributed by atoms with E-state index in [1.807, 2.05) is 27.7 Å². The number of hydrogen-bond donors (Lipinski definition) is 1. The standard InChI is InChI=1S/C33H35N.2C2H6/c1-2-27-15-10-18-31-29(22-20-26-13-7-4-8-14-26)23-30-17-9-16-28(33(30)34-24-32(27)31)21-19-25-11-5-3-6-12-25;2*1-2/h3-18,29,34H,2,19-24H2,1H3;2*1-2H3/t29-;;/m1../s1. The molecule has 1 nitrogen and oxygen atoms in total. The van der Waals surface area contributed by atoms with Gasteiger partial charge in [-0.2, -0.15) is 0 Å². The molecule has 1 atom stereocenters. The summed E-state index contributed by atoms with van der Waals surface area (Å²) >= 11 is 0. The molecule has 200 valence electrons. The van der Waals surface area contributed by atoms with Gasteiger partial charge in [0.05, 0.1) is 0 Å². The number of rotatable bonds is 7. The number of nitrogens with one attached hydrogen (secondary N) is 1. The number of benzene rings is 4. The lowest BCUT2D eigenvalue weighted by Gasteiger charge is -2.29. The van der Waals surface area contributed by atoms with Crippen LogP contribution in [0.1, 0.15) is 85.9 Å². The first-order valence-corrected chi connectivity index (χ1v) is 14.8. The van der Waals surface area contributed by atoms with Gasteiger partial charge in [0.2, 0.25) is 0 Å². The molecule has 38 heavy (non-hydrogen) atoms. The highest BCUT2D eigenvalue weighted by atomic mass is 14.9. The lowest BCUT2D eigenvalue weighted by Crippen LogP contribution is -2.18. The second-order valence-electron chi connectivity index (χ2n) is 9.55. The van der Waals surface area contributed by atoms with Crippen LogP contribution in [0.5, 0.6) is 0 Å². The Labute approximate surface area is 232 Å². The first-order chi connectivity index (χ1) is 18.8. The van der Waals surface area contributed by atoms with Crippen LogP contribution in [0.25, 0.3) is 0 Å². The number of aryl methyl sites for hydroxylation is 4. The Morgan fingerprint density at radius 1 is 0.632 bits per heavy atom. The molecular weight excluding hydrogens is 458 g/mol. The van der Waals surface area contributed by atoms with E-state index in [4.69, 9.17) is 0 Å². The minimum Gasteiger partial charge on any atom is -0.380 e. The van der Waals surface area contributed by atoms with Gasteiger partial charge in [-0.05, 0) is 83.4 Å². The van der Waals surface area contributed by atoms with Gasteiger partial charge in [0.25, 0.3) is 0 Å². The highest BCUT2D eigenvalue weighted by molar-refractivity contribution is 5.60. The number of para-hydroxylation sites is 1. The minimum atomic E-state index is 0.534. The van der Waals surface area contributed by atoms with Gasteiger partial charge in [0, 0.05) is 12.2 Å². The van der Waals surface area contributed by atoms with E-state index in [1.165, 1.54) is 45.5 Å². The Kier molecular flexibility index (Phi) is 12.2. The average Bonchev–Trinajstić information content (AvgIpc) is 2.99. The molecule has 1 N–H and O–H groups in total. The quantitative estimate of drug-likeness (QED) is 0.263. The Morgan fingerprint density at radius 3 is 1.89 bits per heavy atom. The molecule has 0 saturated heterocycles. The molecule has 0 bridgehead atoms. The summed E-state index contributed by atoms with van der Waals surface area (Å²) < 4.78 is 0. The lowest BCUT2D eigenvalue weighted by molar-refractivity contribution is 0.611. The van der Waals surface area contributed by atoms with Gasteiger partial charge in [-0.25, -0.2) is 0 Å². The highest BCUT2D eigenvalue weighted by Gasteiger charge is 2.23. The number of anilines is 1. The van der Waals surface area contributed by atoms with Crippen LogP contribution in [-0.2, 0) is 38.6 Å². The molecule has 1 heterocycles. The zero-order valence-electron chi connectivity index (χ0n) is 24.3. The molecule has 0 aromatic heterocycles. The van der Waals surface area contributed by atoms with E-state index in [0.29, 0.717) is 5.92 Å². The van der Waals surface area contributed by atoms with Crippen molar-refractivity contribution in [3.8, 4) is 0 Å². The van der Waals surface area contributed by atoms with Gasteiger partial charge in [-0.1, -0.05) is 132 Å². The Morgan fingerprint density at radius 2 is 1.24 bits per heavy atom. The fraction of sp³-hybridized carbons (Fsp3) is 0.351. The summed E-state index contributed by atoms with van der Waals surface area (Å²) in [5, 5.41) is 3.90. The normalized spacial score (nSPS) is 13.7. The monoisotopic (exact) mass is 505 g/mol. The molecule has 1 aliphatic heterocycles. The molecule has 1 aliphatic rings. The SMILES string of the molecule is CC.CC.CCc1cccc2c1CNc1c(CCc3ccccc3)cccc1C[C@H]2CCc1ccccc1. The van der Waals surface area contributed by atoms with Crippen LogP contribution in [0.15, 0.2) is 97.1 Å². The van der Waals surface area contributed by atoms with Crippen molar-refractivity contribution in [3.63, 3.8) is 0 Å². The van der Waals surface area contributed by atoms with Gasteiger partial charge in [0.1, 0.15) is 0 Å². The predicted molar refractivity (Wildman–Crippen MR) is 167 cm³/mol. The maximum atomic E-state index is 3.90. The van der Waals surface area contributed by atoms with E-state index in [9.17, 15) is 0 Å². The minimum absolute atomic E-state index is 0.534. The average molecular weight is 506 g/mol. The highest BCUT2D eigenvalue weighted by Crippen LogP contribution is 2.37. The molecule has 4 aromatic carbocycles. The third kappa shape index (κ3) is 7.60. The van der Waals surface area contributed by atoms with Crippen LogP contribution in [-0.4, -0.2) is 0 Å². The second kappa shape index (κ2) is 15.8. The summed E-state index contributed by atoms with van der Waals surface area (Å²) in [4.78, 5) is 0. The van der Waals surface area contributed by atoms with Crippen molar-refractivity contribution in [2.24, 2.45) is 0 Å². The van der Waals surface area contributed by atoms with Gasteiger partial charge < -0.3 is 5.32 Å². The maximum absolute atomic E-state index is 3.90. The van der Waals surface area contributed by atoms with E-state index in [0.717, 1.165) is 38.6 Å². The van der Waals surface area contributed by atoms with Crippen LogP contribution < -0.4 is 5.32 Å². The van der Waals surface area contributed by atoms with Gasteiger partial charge in [-0.15, -0.1) is 0 Å². The fourth-order valence-corrected chi connectivity index (χ4v) is 5.56. The summed E-state index contributed by atoms with van der Waals surface area (Å²) in [5.41, 5.74) is 11.7. The van der Waals surface area contributed by atoms with Crippen LogP contribution in [0.2, 0.25) is 0 Å². The van der Waals surface area contributed by atoms with Crippen molar-refractivity contribution in [2.45, 2.75) is 85.6 Å². The van der Waals surface area contributed by atoms with E-state index in [1.54, 1.807) is 5.56 Å². The van der Waals surface area contributed by atoms with Crippen LogP contribution >= 0.6 is 0 Å². The smallest absolute Gasteiger partial charge is 0.0408 e. The van der Waals surface area contributed by atoms with E-state index in [2.05, 4.69) is 109 Å². The Bertz CT molecular complexity index is 1210. The topological polar surface area (TPSA) is 12.0 Å². The maximum Gasteiger partial charge on any atom is 0.0408 e.